The first-order valence-corrected chi connectivity index (χ1v) is 9.07. The quantitative estimate of drug-likeness (QED) is 0.806. The molecule has 128 valence electrons. The van der Waals surface area contributed by atoms with Gasteiger partial charge in [-0.25, -0.2) is 13.2 Å². The largest absolute Gasteiger partial charge is 0.480 e. The number of nitrogens with one attached hydrogen (secondary N) is 1. The van der Waals surface area contributed by atoms with Gasteiger partial charge in [-0.05, 0) is 31.4 Å². The van der Waals surface area contributed by atoms with E-state index in [0.29, 0.717) is 18.5 Å². The number of piperidine rings is 1. The number of hydrogen-bond donors (Lipinski definition) is 2. The summed E-state index contributed by atoms with van der Waals surface area (Å²) >= 11 is 0. The summed E-state index contributed by atoms with van der Waals surface area (Å²) in [5.41, 5.74) is 0.415. The van der Waals surface area contributed by atoms with Gasteiger partial charge in [0.15, 0.2) is 0 Å². The van der Waals surface area contributed by atoms with Gasteiger partial charge >= 0.3 is 5.97 Å². The monoisotopic (exact) mass is 351 g/mol. The molecule has 2 N–H and O–H groups in total. The molecule has 0 saturated carbocycles. The maximum Gasteiger partial charge on any atom is 0.326 e. The molecule has 2 heterocycles. The van der Waals surface area contributed by atoms with E-state index < -0.39 is 27.9 Å². The molecule has 0 aliphatic carbocycles. The van der Waals surface area contributed by atoms with Crippen LogP contribution in [-0.2, 0) is 19.6 Å². The average molecular weight is 351 g/mol. The fraction of sp³-hybridized carbons (Fsp3) is 0.400. The van der Waals surface area contributed by atoms with E-state index in [0.717, 1.165) is 12.8 Å². The number of amidine groups is 1. The van der Waals surface area contributed by atoms with Crippen molar-refractivity contribution < 1.29 is 23.1 Å². The molecular formula is C15H17N3O5S. The third-order valence-corrected chi connectivity index (χ3v) is 5.54. The molecule has 1 atom stereocenters. The fourth-order valence-electron chi connectivity index (χ4n) is 2.98. The molecule has 1 aromatic rings. The topological polar surface area (TPSA) is 116 Å². The highest BCUT2D eigenvalue weighted by molar-refractivity contribution is 7.90. The number of likely N-dealkylation sites (tertiary alicyclic amines) is 1. The third kappa shape index (κ3) is 2.99. The van der Waals surface area contributed by atoms with Crippen LogP contribution >= 0.6 is 0 Å². The summed E-state index contributed by atoms with van der Waals surface area (Å²) in [6, 6.07) is 5.53. The highest BCUT2D eigenvalue weighted by Crippen LogP contribution is 2.22. The van der Waals surface area contributed by atoms with E-state index in [1.807, 2.05) is 0 Å². The second-order valence-electron chi connectivity index (χ2n) is 5.70. The van der Waals surface area contributed by atoms with E-state index in [9.17, 15) is 23.1 Å². The first-order valence-electron chi connectivity index (χ1n) is 7.59. The van der Waals surface area contributed by atoms with Crippen LogP contribution in [0.5, 0.6) is 0 Å². The van der Waals surface area contributed by atoms with Crippen LogP contribution in [0.2, 0.25) is 0 Å². The number of carboxylic acid groups (broad SMARTS) is 1. The molecule has 8 nitrogen and oxygen atoms in total. The van der Waals surface area contributed by atoms with Crippen molar-refractivity contribution in [3.8, 4) is 0 Å². The molecule has 0 radical (unpaired) electrons. The maximum absolute atomic E-state index is 12.3. The second-order valence-corrected chi connectivity index (χ2v) is 7.35. The lowest BCUT2D eigenvalue weighted by atomic mass is 10.0. The van der Waals surface area contributed by atoms with E-state index in [1.165, 1.54) is 11.0 Å². The molecule has 1 amide bonds. The zero-order valence-corrected chi connectivity index (χ0v) is 13.6. The molecule has 2 aliphatic heterocycles. The van der Waals surface area contributed by atoms with Gasteiger partial charge in [-0.2, -0.15) is 0 Å². The first kappa shape index (κ1) is 16.4. The van der Waals surface area contributed by atoms with Crippen LogP contribution in [0.4, 0.5) is 0 Å². The van der Waals surface area contributed by atoms with Crippen molar-refractivity contribution in [1.82, 2.24) is 9.62 Å². The van der Waals surface area contributed by atoms with E-state index in [1.54, 1.807) is 18.2 Å². The highest BCUT2D eigenvalue weighted by Gasteiger charge is 2.33. The van der Waals surface area contributed by atoms with Gasteiger partial charge in [-0.15, -0.1) is 0 Å². The van der Waals surface area contributed by atoms with Crippen LogP contribution in [0.3, 0.4) is 0 Å². The van der Waals surface area contributed by atoms with Crippen molar-refractivity contribution in [2.45, 2.75) is 30.2 Å². The average Bonchev–Trinajstić information content (AvgIpc) is 2.84. The van der Waals surface area contributed by atoms with Crippen LogP contribution in [0.15, 0.2) is 34.2 Å². The molecule has 3 rings (SSSR count). The Morgan fingerprint density at radius 1 is 1.29 bits per heavy atom. The number of carbonyl (C=O) groups is 2. The van der Waals surface area contributed by atoms with Gasteiger partial charge in [-0.1, -0.05) is 12.1 Å². The second kappa shape index (κ2) is 6.23. The van der Waals surface area contributed by atoms with Gasteiger partial charge in [0, 0.05) is 12.1 Å². The van der Waals surface area contributed by atoms with E-state index in [2.05, 4.69) is 9.71 Å². The fourth-order valence-corrected chi connectivity index (χ4v) is 4.23. The van der Waals surface area contributed by atoms with Crippen molar-refractivity contribution in [2.75, 3.05) is 13.1 Å². The third-order valence-electron chi connectivity index (χ3n) is 4.14. The molecule has 1 saturated heterocycles. The number of aliphatic imine (C=N–C) groups is 1. The Labute approximate surface area is 139 Å². The minimum Gasteiger partial charge on any atom is -0.480 e. The summed E-state index contributed by atoms with van der Waals surface area (Å²) in [6.45, 7) is 0.0823. The standard InChI is InChI=1S/C15H17N3O5S/c19-13(18-8-4-3-6-11(18)15(20)21)9-16-14-10-5-1-2-7-12(10)24(22,23)17-14/h1-2,5,7,11H,3-4,6,8-9H2,(H,16,17)(H,20,21). The molecule has 2 aliphatic rings. The number of hydrogen-bond acceptors (Lipinski definition) is 5. The lowest BCUT2D eigenvalue weighted by Gasteiger charge is -2.32. The number of fused-ring (bicyclic) bond motifs is 1. The minimum atomic E-state index is -3.65. The molecule has 0 spiro atoms. The van der Waals surface area contributed by atoms with Gasteiger partial charge in [0.05, 0.1) is 4.90 Å². The summed E-state index contributed by atoms with van der Waals surface area (Å²) in [6.07, 6.45) is 1.94. The zero-order chi connectivity index (χ0) is 17.3. The van der Waals surface area contributed by atoms with Gasteiger partial charge in [0.2, 0.25) is 5.91 Å². The Morgan fingerprint density at radius 2 is 2.04 bits per heavy atom. The normalized spacial score (nSPS) is 23.6. The lowest BCUT2D eigenvalue weighted by molar-refractivity contribution is -0.151. The smallest absolute Gasteiger partial charge is 0.326 e. The summed E-state index contributed by atoms with van der Waals surface area (Å²) in [5.74, 6) is -1.33. The Kier molecular flexibility index (Phi) is 4.27. The number of rotatable bonds is 3. The zero-order valence-electron chi connectivity index (χ0n) is 12.8. The molecule has 1 fully saturated rings. The van der Waals surface area contributed by atoms with Crippen LogP contribution in [-0.4, -0.2) is 55.3 Å². The van der Waals surface area contributed by atoms with Gasteiger partial charge in [0.25, 0.3) is 10.0 Å². The molecule has 0 aromatic heterocycles. The summed E-state index contributed by atoms with van der Waals surface area (Å²) < 4.78 is 26.3. The Bertz CT molecular complexity index is 818. The first-order chi connectivity index (χ1) is 11.4. The van der Waals surface area contributed by atoms with E-state index in [4.69, 9.17) is 0 Å². The molecule has 9 heteroatoms. The number of amides is 1. The maximum atomic E-state index is 12.3. The number of carbonyl (C=O) groups excluding carboxylic acids is 1. The van der Waals surface area contributed by atoms with Gasteiger partial charge in [0.1, 0.15) is 18.4 Å². The van der Waals surface area contributed by atoms with Crippen molar-refractivity contribution in [3.05, 3.63) is 29.8 Å². The molecule has 1 aromatic carbocycles. The number of sulfonamides is 1. The number of benzene rings is 1. The summed E-state index contributed by atoms with van der Waals surface area (Å²) in [5, 5.41) is 9.21. The van der Waals surface area contributed by atoms with Crippen molar-refractivity contribution >= 4 is 27.7 Å². The van der Waals surface area contributed by atoms with Crippen molar-refractivity contribution in [1.29, 1.82) is 0 Å². The van der Waals surface area contributed by atoms with Crippen LogP contribution < -0.4 is 4.72 Å². The number of carboxylic acids is 1. The Morgan fingerprint density at radius 3 is 2.79 bits per heavy atom. The Hall–Kier alpha value is -2.42. The van der Waals surface area contributed by atoms with Crippen LogP contribution in [0, 0.1) is 0 Å². The van der Waals surface area contributed by atoms with Gasteiger partial charge in [-0.3, -0.25) is 14.5 Å². The predicted molar refractivity (Wildman–Crippen MR) is 85.2 cm³/mol. The predicted octanol–water partition coefficient (Wildman–Crippen LogP) is 0.191. The number of nitrogens with zero attached hydrogens (tertiary/aromatic N) is 2. The minimum absolute atomic E-state index is 0.114. The van der Waals surface area contributed by atoms with Crippen molar-refractivity contribution in [2.24, 2.45) is 4.99 Å². The van der Waals surface area contributed by atoms with E-state index >= 15 is 0 Å². The van der Waals surface area contributed by atoms with Crippen LogP contribution in [0.25, 0.3) is 0 Å². The van der Waals surface area contributed by atoms with Crippen molar-refractivity contribution in [3.63, 3.8) is 0 Å². The summed E-state index contributed by atoms with van der Waals surface area (Å²) in [7, 11) is -3.65. The molecule has 24 heavy (non-hydrogen) atoms. The van der Waals surface area contributed by atoms with Crippen LogP contribution in [0.1, 0.15) is 24.8 Å². The van der Waals surface area contributed by atoms with Gasteiger partial charge < -0.3 is 10.0 Å². The SMILES string of the molecule is O=C(O)C1CCCCN1C(=O)CN=C1NS(=O)(=O)c2ccccc21. The molecule has 0 bridgehead atoms. The summed E-state index contributed by atoms with van der Waals surface area (Å²) in [4.78, 5) is 29.1. The Balaban J connectivity index is 1.79. The van der Waals surface area contributed by atoms with E-state index in [-0.39, 0.29) is 17.3 Å². The molecular weight excluding hydrogens is 334 g/mol. The number of aliphatic carboxylic acids is 1. The lowest BCUT2D eigenvalue weighted by Crippen LogP contribution is -2.49. The molecule has 1 unspecified atom stereocenters. The highest BCUT2D eigenvalue weighted by atomic mass is 32.2.